The van der Waals surface area contributed by atoms with Crippen LogP contribution in [0, 0.1) is 10.1 Å². The Morgan fingerprint density at radius 1 is 1.40 bits per heavy atom. The summed E-state index contributed by atoms with van der Waals surface area (Å²) in [5, 5.41) is 14.1. The normalized spacial score (nSPS) is 18.9. The fraction of sp³-hybridized carbons (Fsp3) is 0.667. The minimum atomic E-state index is -0.424. The Labute approximate surface area is 118 Å². The van der Waals surface area contributed by atoms with Gasteiger partial charge in [-0.05, 0) is 20.9 Å². The van der Waals surface area contributed by atoms with Crippen LogP contribution in [0.1, 0.15) is 13.8 Å². The number of piperazine rings is 1. The van der Waals surface area contributed by atoms with E-state index >= 15 is 0 Å². The molecule has 0 spiro atoms. The van der Waals surface area contributed by atoms with Gasteiger partial charge in [-0.2, -0.15) is 0 Å². The fourth-order valence-electron chi connectivity index (χ4n) is 2.37. The number of aromatic nitrogens is 2. The molecule has 20 heavy (non-hydrogen) atoms. The second-order valence-corrected chi connectivity index (χ2v) is 5.56. The average Bonchev–Trinajstić information content (AvgIpc) is 2.40. The van der Waals surface area contributed by atoms with Crippen LogP contribution in [0.4, 0.5) is 17.3 Å². The van der Waals surface area contributed by atoms with Crippen LogP contribution in [0.15, 0.2) is 6.33 Å². The first-order valence-electron chi connectivity index (χ1n) is 6.50. The standard InChI is InChI=1S/C12H20N6O2/c1-12(2)7-17(6-5-16(12)4)11-9(18(19)20)10(13-3)14-8-15-11/h8H,5-7H2,1-4H3,(H,13,14,15). The number of nitro groups is 1. The molecule has 0 aliphatic carbocycles. The summed E-state index contributed by atoms with van der Waals surface area (Å²) in [6, 6.07) is 0. The summed E-state index contributed by atoms with van der Waals surface area (Å²) in [4.78, 5) is 23.2. The maximum absolute atomic E-state index is 11.3. The van der Waals surface area contributed by atoms with Gasteiger partial charge in [0, 0.05) is 32.2 Å². The Bertz CT molecular complexity index is 519. The zero-order chi connectivity index (χ0) is 14.9. The fourth-order valence-corrected chi connectivity index (χ4v) is 2.37. The van der Waals surface area contributed by atoms with E-state index in [2.05, 4.69) is 41.1 Å². The molecular formula is C12H20N6O2. The van der Waals surface area contributed by atoms with Crippen LogP contribution < -0.4 is 10.2 Å². The van der Waals surface area contributed by atoms with Crippen LogP contribution in [-0.4, -0.2) is 59.1 Å². The second kappa shape index (κ2) is 5.20. The number of rotatable bonds is 3. The lowest BCUT2D eigenvalue weighted by Crippen LogP contribution is -2.58. The lowest BCUT2D eigenvalue weighted by molar-refractivity contribution is -0.383. The molecule has 1 aromatic heterocycles. The van der Waals surface area contributed by atoms with E-state index in [9.17, 15) is 10.1 Å². The molecule has 110 valence electrons. The van der Waals surface area contributed by atoms with Gasteiger partial charge in [-0.25, -0.2) is 9.97 Å². The monoisotopic (exact) mass is 280 g/mol. The van der Waals surface area contributed by atoms with Crippen molar-refractivity contribution in [1.29, 1.82) is 0 Å². The summed E-state index contributed by atoms with van der Waals surface area (Å²) in [5.41, 5.74) is -0.119. The van der Waals surface area contributed by atoms with E-state index in [0.717, 1.165) is 6.54 Å². The lowest BCUT2D eigenvalue weighted by Gasteiger charge is -2.45. The van der Waals surface area contributed by atoms with Gasteiger partial charge in [-0.1, -0.05) is 0 Å². The molecule has 0 aromatic carbocycles. The Hall–Kier alpha value is -1.96. The van der Waals surface area contributed by atoms with Crippen molar-refractivity contribution in [1.82, 2.24) is 14.9 Å². The highest BCUT2D eigenvalue weighted by atomic mass is 16.6. The van der Waals surface area contributed by atoms with Gasteiger partial charge >= 0.3 is 5.69 Å². The van der Waals surface area contributed by atoms with Crippen LogP contribution in [-0.2, 0) is 0 Å². The predicted molar refractivity (Wildman–Crippen MR) is 77.2 cm³/mol. The van der Waals surface area contributed by atoms with Gasteiger partial charge in [0.05, 0.1) is 4.92 Å². The summed E-state index contributed by atoms with van der Waals surface area (Å²) in [7, 11) is 3.68. The molecule has 8 nitrogen and oxygen atoms in total. The van der Waals surface area contributed by atoms with Gasteiger partial charge < -0.3 is 10.2 Å². The SMILES string of the molecule is CNc1ncnc(N2CCN(C)C(C)(C)C2)c1[N+](=O)[O-]. The minimum Gasteiger partial charge on any atom is -0.367 e. The molecule has 0 unspecified atom stereocenters. The number of nitrogens with zero attached hydrogens (tertiary/aromatic N) is 5. The summed E-state index contributed by atoms with van der Waals surface area (Å²) in [6.07, 6.45) is 1.36. The molecule has 2 heterocycles. The molecule has 1 saturated heterocycles. The molecular weight excluding hydrogens is 260 g/mol. The molecule has 1 N–H and O–H groups in total. The molecule has 1 aliphatic heterocycles. The van der Waals surface area contributed by atoms with E-state index in [1.165, 1.54) is 6.33 Å². The van der Waals surface area contributed by atoms with Gasteiger partial charge in [0.1, 0.15) is 6.33 Å². The van der Waals surface area contributed by atoms with Gasteiger partial charge in [-0.15, -0.1) is 0 Å². The zero-order valence-corrected chi connectivity index (χ0v) is 12.3. The van der Waals surface area contributed by atoms with Crippen molar-refractivity contribution >= 4 is 17.3 Å². The molecule has 1 aromatic rings. The molecule has 1 fully saturated rings. The minimum absolute atomic E-state index is 0.0587. The molecule has 0 radical (unpaired) electrons. The number of likely N-dealkylation sites (N-methyl/N-ethyl adjacent to an activating group) is 1. The molecule has 1 aliphatic rings. The van der Waals surface area contributed by atoms with Crippen molar-refractivity contribution < 1.29 is 4.92 Å². The smallest absolute Gasteiger partial charge is 0.353 e. The third-order valence-corrected chi connectivity index (χ3v) is 3.84. The van der Waals surface area contributed by atoms with Crippen molar-refractivity contribution in [3.63, 3.8) is 0 Å². The van der Waals surface area contributed by atoms with Crippen LogP contribution >= 0.6 is 0 Å². The Kier molecular flexibility index (Phi) is 3.76. The third-order valence-electron chi connectivity index (χ3n) is 3.84. The topological polar surface area (TPSA) is 87.4 Å². The quantitative estimate of drug-likeness (QED) is 0.651. The van der Waals surface area contributed by atoms with E-state index in [4.69, 9.17) is 0 Å². The second-order valence-electron chi connectivity index (χ2n) is 5.56. The van der Waals surface area contributed by atoms with E-state index in [1.54, 1.807) is 7.05 Å². The molecule has 2 rings (SSSR count). The highest BCUT2D eigenvalue weighted by molar-refractivity contribution is 5.70. The van der Waals surface area contributed by atoms with Crippen molar-refractivity contribution in [2.24, 2.45) is 0 Å². The first kappa shape index (κ1) is 14.4. The maximum Gasteiger partial charge on any atom is 0.353 e. The third kappa shape index (κ3) is 2.51. The van der Waals surface area contributed by atoms with Crippen LogP contribution in [0.2, 0.25) is 0 Å². The van der Waals surface area contributed by atoms with Gasteiger partial charge in [-0.3, -0.25) is 15.0 Å². The van der Waals surface area contributed by atoms with Crippen molar-refractivity contribution in [3.05, 3.63) is 16.4 Å². The predicted octanol–water partition coefficient (Wildman–Crippen LogP) is 0.957. The number of hydrogen-bond donors (Lipinski definition) is 1. The Morgan fingerprint density at radius 2 is 2.10 bits per heavy atom. The Morgan fingerprint density at radius 3 is 2.65 bits per heavy atom. The highest BCUT2D eigenvalue weighted by Gasteiger charge is 2.35. The Balaban J connectivity index is 2.41. The summed E-state index contributed by atoms with van der Waals surface area (Å²) in [6.45, 7) is 6.46. The summed E-state index contributed by atoms with van der Waals surface area (Å²) in [5.74, 6) is 0.632. The molecule has 8 heteroatoms. The van der Waals surface area contributed by atoms with Crippen molar-refractivity contribution in [2.75, 3.05) is 43.9 Å². The first-order chi connectivity index (χ1) is 9.36. The lowest BCUT2D eigenvalue weighted by atomic mass is 10.00. The summed E-state index contributed by atoms with van der Waals surface area (Å²) >= 11 is 0. The maximum atomic E-state index is 11.3. The number of hydrogen-bond acceptors (Lipinski definition) is 7. The van der Waals surface area contributed by atoms with Gasteiger partial charge in [0.25, 0.3) is 0 Å². The highest BCUT2D eigenvalue weighted by Crippen LogP contribution is 2.33. The van der Waals surface area contributed by atoms with Crippen LogP contribution in [0.3, 0.4) is 0 Å². The van der Waals surface area contributed by atoms with Crippen molar-refractivity contribution in [2.45, 2.75) is 19.4 Å². The number of nitrogens with one attached hydrogen (secondary N) is 1. The van der Waals surface area contributed by atoms with E-state index in [0.29, 0.717) is 18.9 Å². The first-order valence-corrected chi connectivity index (χ1v) is 6.50. The summed E-state index contributed by atoms with van der Waals surface area (Å²) < 4.78 is 0. The van der Waals surface area contributed by atoms with Crippen LogP contribution in [0.25, 0.3) is 0 Å². The molecule has 0 bridgehead atoms. The van der Waals surface area contributed by atoms with Crippen molar-refractivity contribution in [3.8, 4) is 0 Å². The average molecular weight is 280 g/mol. The van der Waals surface area contributed by atoms with Gasteiger partial charge in [0.15, 0.2) is 0 Å². The molecule has 0 saturated carbocycles. The zero-order valence-electron chi connectivity index (χ0n) is 12.3. The largest absolute Gasteiger partial charge is 0.367 e. The van der Waals surface area contributed by atoms with Gasteiger partial charge in [0.2, 0.25) is 11.6 Å². The molecule has 0 atom stereocenters. The van der Waals surface area contributed by atoms with E-state index in [1.807, 2.05) is 4.90 Å². The van der Waals surface area contributed by atoms with E-state index < -0.39 is 4.92 Å². The number of anilines is 2. The van der Waals surface area contributed by atoms with E-state index in [-0.39, 0.29) is 17.0 Å². The molecule has 0 amide bonds. The van der Waals surface area contributed by atoms with Crippen LogP contribution in [0.5, 0.6) is 0 Å².